The second-order valence-corrected chi connectivity index (χ2v) is 4.30. The smallest absolute Gasteiger partial charge is 0.171 e. The molecule has 1 aromatic heterocycles. The largest absolute Gasteiger partial charge is 0.489 e. The highest BCUT2D eigenvalue weighted by molar-refractivity contribution is 6.30. The minimum atomic E-state index is 0.127. The maximum atomic E-state index is 5.91. The number of ether oxygens (including phenoxy) is 2. The van der Waals surface area contributed by atoms with Gasteiger partial charge in [0, 0.05) is 6.07 Å². The molecule has 0 aromatic carbocycles. The van der Waals surface area contributed by atoms with Crippen LogP contribution < -0.4 is 9.47 Å². The maximum absolute atomic E-state index is 5.91. The molecule has 2 rings (SSSR count). The molecule has 4 heteroatoms. The lowest BCUT2D eigenvalue weighted by atomic mass is 10.4. The molecule has 1 aliphatic rings. The standard InChI is InChI=1S/C11H14ClNO2/c1-7(2)14-9-5-10(11(12)13-6-9)15-8-3-4-8/h5-8H,3-4H2,1-2H3. The summed E-state index contributed by atoms with van der Waals surface area (Å²) in [6, 6.07) is 1.80. The molecule has 0 unspecified atom stereocenters. The van der Waals surface area contributed by atoms with E-state index in [-0.39, 0.29) is 6.10 Å². The molecule has 3 nitrogen and oxygen atoms in total. The van der Waals surface area contributed by atoms with E-state index in [2.05, 4.69) is 4.98 Å². The summed E-state index contributed by atoms with van der Waals surface area (Å²) >= 11 is 5.91. The van der Waals surface area contributed by atoms with Crippen LogP contribution in [0.5, 0.6) is 11.5 Å². The highest BCUT2D eigenvalue weighted by Gasteiger charge is 2.25. The first kappa shape index (κ1) is 10.6. The molecule has 1 fully saturated rings. The Morgan fingerprint density at radius 1 is 1.47 bits per heavy atom. The van der Waals surface area contributed by atoms with Gasteiger partial charge in [-0.15, -0.1) is 0 Å². The summed E-state index contributed by atoms with van der Waals surface area (Å²) in [5.41, 5.74) is 0. The maximum Gasteiger partial charge on any atom is 0.171 e. The molecule has 1 aromatic rings. The van der Waals surface area contributed by atoms with Crippen LogP contribution in [0.25, 0.3) is 0 Å². The third-order valence-corrected chi connectivity index (χ3v) is 2.26. The van der Waals surface area contributed by atoms with E-state index in [4.69, 9.17) is 21.1 Å². The van der Waals surface area contributed by atoms with E-state index in [9.17, 15) is 0 Å². The topological polar surface area (TPSA) is 31.4 Å². The quantitative estimate of drug-likeness (QED) is 0.741. The Bertz CT molecular complexity index is 350. The van der Waals surface area contributed by atoms with Crippen molar-refractivity contribution in [2.75, 3.05) is 0 Å². The number of halogens is 1. The number of pyridine rings is 1. The zero-order chi connectivity index (χ0) is 10.8. The molecular formula is C11H14ClNO2. The van der Waals surface area contributed by atoms with Gasteiger partial charge in [0.2, 0.25) is 0 Å². The molecule has 0 spiro atoms. The van der Waals surface area contributed by atoms with Crippen LogP contribution in [-0.4, -0.2) is 17.2 Å². The molecule has 0 bridgehead atoms. The van der Waals surface area contributed by atoms with Gasteiger partial charge in [0.15, 0.2) is 10.9 Å². The zero-order valence-corrected chi connectivity index (χ0v) is 9.62. The summed E-state index contributed by atoms with van der Waals surface area (Å²) in [5, 5.41) is 0.401. The fraction of sp³-hybridized carbons (Fsp3) is 0.545. The Morgan fingerprint density at radius 3 is 2.80 bits per heavy atom. The van der Waals surface area contributed by atoms with Crippen LogP contribution in [0.2, 0.25) is 5.15 Å². The van der Waals surface area contributed by atoms with Crippen molar-refractivity contribution in [3.05, 3.63) is 17.4 Å². The first-order valence-electron chi connectivity index (χ1n) is 5.14. The Morgan fingerprint density at radius 2 is 2.20 bits per heavy atom. The molecule has 1 aliphatic carbocycles. The van der Waals surface area contributed by atoms with Crippen LogP contribution in [0.4, 0.5) is 0 Å². The number of nitrogens with zero attached hydrogens (tertiary/aromatic N) is 1. The summed E-state index contributed by atoms with van der Waals surface area (Å²) in [4.78, 5) is 4.03. The second kappa shape index (κ2) is 4.27. The average Bonchev–Trinajstić information content (AvgIpc) is 2.94. The van der Waals surface area contributed by atoms with E-state index in [1.807, 2.05) is 13.8 Å². The number of hydrogen-bond donors (Lipinski definition) is 0. The van der Waals surface area contributed by atoms with Crippen molar-refractivity contribution in [1.29, 1.82) is 0 Å². The van der Waals surface area contributed by atoms with Crippen LogP contribution in [-0.2, 0) is 0 Å². The van der Waals surface area contributed by atoms with E-state index in [1.165, 1.54) is 0 Å². The Labute approximate surface area is 94.4 Å². The SMILES string of the molecule is CC(C)Oc1cnc(Cl)c(OC2CC2)c1. The highest BCUT2D eigenvalue weighted by atomic mass is 35.5. The van der Waals surface area contributed by atoms with Gasteiger partial charge in [0.05, 0.1) is 18.4 Å². The summed E-state index contributed by atoms with van der Waals surface area (Å²) in [6.45, 7) is 3.94. The lowest BCUT2D eigenvalue weighted by molar-refractivity contribution is 0.238. The zero-order valence-electron chi connectivity index (χ0n) is 8.87. The van der Waals surface area contributed by atoms with Crippen molar-refractivity contribution >= 4 is 11.6 Å². The van der Waals surface area contributed by atoms with Gasteiger partial charge in [0.1, 0.15) is 5.75 Å². The van der Waals surface area contributed by atoms with Crippen LogP contribution >= 0.6 is 11.6 Å². The van der Waals surface area contributed by atoms with E-state index in [1.54, 1.807) is 12.3 Å². The lowest BCUT2D eigenvalue weighted by Crippen LogP contribution is -2.06. The molecule has 15 heavy (non-hydrogen) atoms. The highest BCUT2D eigenvalue weighted by Crippen LogP contribution is 2.33. The summed E-state index contributed by atoms with van der Waals surface area (Å²) in [5.74, 6) is 1.32. The Hall–Kier alpha value is -0.960. The Kier molecular flexibility index (Phi) is 3.00. The van der Waals surface area contributed by atoms with E-state index >= 15 is 0 Å². The van der Waals surface area contributed by atoms with Crippen LogP contribution in [0.15, 0.2) is 12.3 Å². The molecule has 0 aliphatic heterocycles. The van der Waals surface area contributed by atoms with Gasteiger partial charge >= 0.3 is 0 Å². The van der Waals surface area contributed by atoms with Crippen molar-refractivity contribution in [1.82, 2.24) is 4.98 Å². The molecule has 0 radical (unpaired) electrons. The number of aromatic nitrogens is 1. The molecule has 1 saturated carbocycles. The third kappa shape index (κ3) is 2.99. The van der Waals surface area contributed by atoms with Gasteiger partial charge in [-0.3, -0.25) is 0 Å². The molecule has 1 heterocycles. The third-order valence-electron chi connectivity index (χ3n) is 1.97. The first-order chi connectivity index (χ1) is 7.15. The minimum absolute atomic E-state index is 0.127. The fourth-order valence-corrected chi connectivity index (χ4v) is 1.34. The monoisotopic (exact) mass is 227 g/mol. The molecular weight excluding hydrogens is 214 g/mol. The normalized spacial score (nSPS) is 15.5. The number of hydrogen-bond acceptors (Lipinski definition) is 3. The van der Waals surface area contributed by atoms with Crippen LogP contribution in [0.3, 0.4) is 0 Å². The van der Waals surface area contributed by atoms with Gasteiger partial charge < -0.3 is 9.47 Å². The predicted octanol–water partition coefficient (Wildman–Crippen LogP) is 3.06. The molecule has 0 N–H and O–H groups in total. The van der Waals surface area contributed by atoms with Gasteiger partial charge in [-0.1, -0.05) is 11.6 Å². The van der Waals surface area contributed by atoms with Gasteiger partial charge in [-0.25, -0.2) is 4.98 Å². The van der Waals surface area contributed by atoms with Crippen molar-refractivity contribution in [3.63, 3.8) is 0 Å². The van der Waals surface area contributed by atoms with Crippen molar-refractivity contribution in [3.8, 4) is 11.5 Å². The molecule has 82 valence electrons. The Balaban J connectivity index is 2.12. The summed E-state index contributed by atoms with van der Waals surface area (Å²) in [7, 11) is 0. The molecule has 0 saturated heterocycles. The lowest BCUT2D eigenvalue weighted by Gasteiger charge is -2.11. The fourth-order valence-electron chi connectivity index (χ4n) is 1.19. The average molecular weight is 228 g/mol. The van der Waals surface area contributed by atoms with Gasteiger partial charge in [0.25, 0.3) is 0 Å². The second-order valence-electron chi connectivity index (χ2n) is 3.94. The van der Waals surface area contributed by atoms with Crippen molar-refractivity contribution in [2.24, 2.45) is 0 Å². The minimum Gasteiger partial charge on any atom is -0.489 e. The van der Waals surface area contributed by atoms with Crippen molar-refractivity contribution < 1.29 is 9.47 Å². The van der Waals surface area contributed by atoms with Crippen LogP contribution in [0, 0.1) is 0 Å². The first-order valence-corrected chi connectivity index (χ1v) is 5.52. The van der Waals surface area contributed by atoms with Gasteiger partial charge in [-0.2, -0.15) is 0 Å². The van der Waals surface area contributed by atoms with Gasteiger partial charge in [-0.05, 0) is 26.7 Å². The number of rotatable bonds is 4. The molecule has 0 amide bonds. The van der Waals surface area contributed by atoms with E-state index in [0.29, 0.717) is 22.8 Å². The summed E-state index contributed by atoms with van der Waals surface area (Å²) in [6.07, 6.45) is 4.26. The van der Waals surface area contributed by atoms with E-state index in [0.717, 1.165) is 12.8 Å². The van der Waals surface area contributed by atoms with Crippen molar-refractivity contribution in [2.45, 2.75) is 38.9 Å². The summed E-state index contributed by atoms with van der Waals surface area (Å²) < 4.78 is 11.1. The predicted molar refractivity (Wildman–Crippen MR) is 58.7 cm³/mol. The molecule has 0 atom stereocenters. The van der Waals surface area contributed by atoms with Crippen LogP contribution in [0.1, 0.15) is 26.7 Å². The van der Waals surface area contributed by atoms with E-state index < -0.39 is 0 Å².